The molecule has 1 aromatic carbocycles. The van der Waals surface area contributed by atoms with Gasteiger partial charge in [0.1, 0.15) is 5.82 Å². The number of amides is 3. The summed E-state index contributed by atoms with van der Waals surface area (Å²) in [5, 5.41) is 1.85. The summed E-state index contributed by atoms with van der Waals surface area (Å²) in [6.45, 7) is 3.28. The maximum atomic E-state index is 13.4. The summed E-state index contributed by atoms with van der Waals surface area (Å²) in [5.41, 5.74) is 5.06. The molecule has 0 spiro atoms. The van der Waals surface area contributed by atoms with Crippen molar-refractivity contribution in [3.63, 3.8) is 0 Å². The van der Waals surface area contributed by atoms with Gasteiger partial charge in [0.25, 0.3) is 5.91 Å². The second-order valence-electron chi connectivity index (χ2n) is 4.81. The van der Waals surface area contributed by atoms with Crippen LogP contribution in [0.3, 0.4) is 0 Å². The minimum absolute atomic E-state index is 0.210. The van der Waals surface area contributed by atoms with Crippen molar-refractivity contribution in [2.45, 2.75) is 20.0 Å². The predicted molar refractivity (Wildman–Crippen MR) is 77.9 cm³/mol. The molecule has 1 rings (SSSR count). The van der Waals surface area contributed by atoms with Gasteiger partial charge in [-0.15, -0.1) is 0 Å². The Balaban J connectivity index is 2.74. The molecule has 0 radical (unpaired) electrons. The van der Waals surface area contributed by atoms with E-state index < -0.39 is 29.8 Å². The average Bonchev–Trinajstić information content (AvgIpc) is 2.42. The van der Waals surface area contributed by atoms with Crippen LogP contribution in [0.5, 0.6) is 0 Å². The first-order valence-electron chi connectivity index (χ1n) is 6.54. The van der Waals surface area contributed by atoms with Gasteiger partial charge in [-0.25, -0.2) is 14.0 Å². The fourth-order valence-corrected chi connectivity index (χ4v) is 1.62. The Bertz CT molecular complexity index is 599. The lowest BCUT2D eigenvalue weighted by Crippen LogP contribution is -2.45. The molecule has 0 bridgehead atoms. The van der Waals surface area contributed by atoms with E-state index in [-0.39, 0.29) is 11.5 Å². The van der Waals surface area contributed by atoms with Crippen LogP contribution >= 0.6 is 0 Å². The van der Waals surface area contributed by atoms with E-state index >= 15 is 0 Å². The summed E-state index contributed by atoms with van der Waals surface area (Å²) in [6, 6.07) is 4.84. The summed E-state index contributed by atoms with van der Waals surface area (Å²) in [5.74, 6) is -2.50. The molecule has 3 amide bonds. The predicted octanol–water partition coefficient (Wildman–Crippen LogP) is 1.60. The van der Waals surface area contributed by atoms with E-state index in [2.05, 4.69) is 0 Å². The highest BCUT2D eigenvalue weighted by Gasteiger charge is 2.26. The minimum atomic E-state index is -1.18. The van der Waals surface area contributed by atoms with Gasteiger partial charge in [0.15, 0.2) is 6.10 Å². The van der Waals surface area contributed by atoms with Gasteiger partial charge in [0.2, 0.25) is 0 Å². The van der Waals surface area contributed by atoms with Crippen LogP contribution in [0.25, 0.3) is 6.08 Å². The quantitative estimate of drug-likeness (QED) is 0.637. The first-order valence-corrected chi connectivity index (χ1v) is 6.54. The number of halogens is 1. The number of nitrogens with one attached hydrogen (secondary N) is 1. The molecule has 0 unspecified atom stereocenters. The normalized spacial score (nSPS) is 12.2. The molecule has 1 aromatic rings. The van der Waals surface area contributed by atoms with Crippen molar-refractivity contribution >= 4 is 24.0 Å². The number of carbonyl (C=O) groups excluding carboxylic acids is 3. The lowest BCUT2D eigenvalue weighted by molar-refractivity contribution is -0.153. The number of ether oxygens (including phenoxy) is 1. The van der Waals surface area contributed by atoms with Crippen LogP contribution in [0.2, 0.25) is 0 Å². The summed E-state index contributed by atoms with van der Waals surface area (Å²) in [6.07, 6.45) is 1.07. The summed E-state index contributed by atoms with van der Waals surface area (Å²) in [7, 11) is 0. The van der Waals surface area contributed by atoms with Gasteiger partial charge in [-0.2, -0.15) is 0 Å². The Hall–Kier alpha value is -2.70. The Labute approximate surface area is 127 Å². The molecule has 22 heavy (non-hydrogen) atoms. The molecular formula is C15H17FN2O4. The molecule has 0 aromatic heterocycles. The van der Waals surface area contributed by atoms with Gasteiger partial charge in [0, 0.05) is 11.6 Å². The number of esters is 1. The van der Waals surface area contributed by atoms with Crippen LogP contribution in [-0.2, 0) is 14.3 Å². The highest BCUT2D eigenvalue weighted by molar-refractivity contribution is 5.97. The van der Waals surface area contributed by atoms with E-state index in [9.17, 15) is 18.8 Å². The Morgan fingerprint density at radius 1 is 1.27 bits per heavy atom. The molecule has 0 saturated heterocycles. The highest BCUT2D eigenvalue weighted by atomic mass is 19.1. The maximum Gasteiger partial charge on any atom is 0.331 e. The molecule has 0 aliphatic rings. The largest absolute Gasteiger partial charge is 0.449 e. The molecule has 0 fully saturated rings. The van der Waals surface area contributed by atoms with Gasteiger partial charge < -0.3 is 10.5 Å². The van der Waals surface area contributed by atoms with Crippen LogP contribution in [0, 0.1) is 11.7 Å². The lowest BCUT2D eigenvalue weighted by atomic mass is 10.1. The molecule has 0 heterocycles. The SMILES string of the molecule is CC(C)[C@@H](OC(=O)/C=C/c1ccccc1F)C(=O)NC(N)=O. The number of nitrogens with two attached hydrogens (primary N) is 1. The number of primary amides is 1. The standard InChI is InChI=1S/C15H17FN2O4/c1-9(2)13(14(20)18-15(17)21)22-12(19)8-7-10-5-3-4-6-11(10)16/h3-9,13H,1-2H3,(H3,17,18,20,21)/b8-7+/t13-/m1/s1. The third kappa shape index (κ3) is 5.35. The number of urea groups is 1. The molecule has 0 aliphatic heterocycles. The molecule has 6 nitrogen and oxygen atoms in total. The van der Waals surface area contributed by atoms with Crippen molar-refractivity contribution in [2.24, 2.45) is 11.7 Å². The molecule has 118 valence electrons. The fourth-order valence-electron chi connectivity index (χ4n) is 1.62. The second-order valence-corrected chi connectivity index (χ2v) is 4.81. The van der Waals surface area contributed by atoms with Gasteiger partial charge in [0.05, 0.1) is 0 Å². The first kappa shape index (κ1) is 17.4. The summed E-state index contributed by atoms with van der Waals surface area (Å²) >= 11 is 0. The van der Waals surface area contributed by atoms with Gasteiger partial charge in [-0.3, -0.25) is 10.1 Å². The van der Waals surface area contributed by atoms with E-state index in [0.717, 1.165) is 6.08 Å². The van der Waals surface area contributed by atoms with Crippen LogP contribution in [0.4, 0.5) is 9.18 Å². The van der Waals surface area contributed by atoms with Crippen molar-refractivity contribution in [1.82, 2.24) is 5.32 Å². The topological polar surface area (TPSA) is 98.5 Å². The minimum Gasteiger partial charge on any atom is -0.449 e. The second kappa shape index (κ2) is 7.92. The van der Waals surface area contributed by atoms with Crippen LogP contribution in [0.15, 0.2) is 30.3 Å². The number of hydrogen-bond donors (Lipinski definition) is 2. The highest BCUT2D eigenvalue weighted by Crippen LogP contribution is 2.10. The first-order chi connectivity index (χ1) is 10.3. The lowest BCUT2D eigenvalue weighted by Gasteiger charge is -2.18. The zero-order valence-corrected chi connectivity index (χ0v) is 12.2. The van der Waals surface area contributed by atoms with E-state index in [1.807, 2.05) is 5.32 Å². The van der Waals surface area contributed by atoms with Crippen LogP contribution in [0.1, 0.15) is 19.4 Å². The number of imide groups is 1. The van der Waals surface area contributed by atoms with Crippen molar-refractivity contribution in [3.8, 4) is 0 Å². The van der Waals surface area contributed by atoms with Crippen LogP contribution in [-0.4, -0.2) is 24.0 Å². The molecular weight excluding hydrogens is 291 g/mol. The molecule has 0 aliphatic carbocycles. The van der Waals surface area contributed by atoms with E-state index in [1.165, 1.54) is 24.3 Å². The van der Waals surface area contributed by atoms with Gasteiger partial charge >= 0.3 is 12.0 Å². The fraction of sp³-hybridized carbons (Fsp3) is 0.267. The van der Waals surface area contributed by atoms with Crippen molar-refractivity contribution < 1.29 is 23.5 Å². The van der Waals surface area contributed by atoms with Crippen molar-refractivity contribution in [2.75, 3.05) is 0 Å². The number of hydrogen-bond acceptors (Lipinski definition) is 4. The molecule has 0 saturated carbocycles. The van der Waals surface area contributed by atoms with E-state index in [1.54, 1.807) is 19.9 Å². The summed E-state index contributed by atoms with van der Waals surface area (Å²) in [4.78, 5) is 34.1. The zero-order chi connectivity index (χ0) is 16.7. The van der Waals surface area contributed by atoms with E-state index in [4.69, 9.17) is 10.5 Å². The Morgan fingerprint density at radius 3 is 2.45 bits per heavy atom. The third-order valence-electron chi connectivity index (χ3n) is 2.66. The number of rotatable bonds is 5. The monoisotopic (exact) mass is 308 g/mol. The Morgan fingerprint density at radius 2 is 1.91 bits per heavy atom. The Kier molecular flexibility index (Phi) is 6.25. The molecule has 3 N–H and O–H groups in total. The van der Waals surface area contributed by atoms with E-state index in [0.29, 0.717) is 0 Å². The van der Waals surface area contributed by atoms with Gasteiger partial charge in [-0.05, 0) is 18.1 Å². The summed E-state index contributed by atoms with van der Waals surface area (Å²) < 4.78 is 18.4. The third-order valence-corrected chi connectivity index (χ3v) is 2.66. The number of carbonyl (C=O) groups is 3. The molecule has 1 atom stereocenters. The van der Waals surface area contributed by atoms with Crippen molar-refractivity contribution in [1.29, 1.82) is 0 Å². The smallest absolute Gasteiger partial charge is 0.331 e. The van der Waals surface area contributed by atoms with Gasteiger partial charge in [-0.1, -0.05) is 32.0 Å². The molecule has 7 heteroatoms. The average molecular weight is 308 g/mol. The van der Waals surface area contributed by atoms with Crippen molar-refractivity contribution in [3.05, 3.63) is 41.7 Å². The number of benzene rings is 1. The van der Waals surface area contributed by atoms with Crippen LogP contribution < -0.4 is 11.1 Å². The zero-order valence-electron chi connectivity index (χ0n) is 12.2. The maximum absolute atomic E-state index is 13.4.